The smallest absolute Gasteiger partial charge is 0.300 e. The van der Waals surface area contributed by atoms with E-state index in [2.05, 4.69) is 20.8 Å². The van der Waals surface area contributed by atoms with Crippen molar-refractivity contribution in [3.05, 3.63) is 0 Å². The molecule has 0 heterocycles. The van der Waals surface area contributed by atoms with E-state index in [0.717, 1.165) is 12.8 Å². The number of aliphatic carboxylic acids is 1. The summed E-state index contributed by atoms with van der Waals surface area (Å²) >= 11 is 0. The molecule has 0 aromatic carbocycles. The normalized spacial score (nSPS) is 11.7. The van der Waals surface area contributed by atoms with Crippen molar-refractivity contribution in [2.24, 2.45) is 5.92 Å². The molecule has 0 aliphatic heterocycles. The zero-order valence-corrected chi connectivity index (χ0v) is 21.5. The number of carboxylic acids is 1. The highest BCUT2D eigenvalue weighted by Crippen LogP contribution is 2.20. The van der Waals surface area contributed by atoms with Crippen LogP contribution in [-0.4, -0.2) is 11.1 Å². The number of hydrogen-bond acceptors (Lipinski definition) is 1. The fourth-order valence-electron chi connectivity index (χ4n) is 4.20. The van der Waals surface area contributed by atoms with E-state index in [0.29, 0.717) is 0 Å². The minimum Gasteiger partial charge on any atom is -0.481 e. The van der Waals surface area contributed by atoms with E-state index in [4.69, 9.17) is 9.90 Å². The first-order valence-electron chi connectivity index (χ1n) is 13.8. The van der Waals surface area contributed by atoms with Crippen LogP contribution < -0.4 is 0 Å². The van der Waals surface area contributed by atoms with Crippen LogP contribution in [0.5, 0.6) is 0 Å². The van der Waals surface area contributed by atoms with Gasteiger partial charge in [0.25, 0.3) is 5.97 Å². The fraction of sp³-hybridized carbons (Fsp3) is 0.964. The molecule has 0 radical (unpaired) electrons. The van der Waals surface area contributed by atoms with Crippen LogP contribution in [0, 0.1) is 5.92 Å². The second-order valence-corrected chi connectivity index (χ2v) is 9.38. The predicted octanol–water partition coefficient (Wildman–Crippen LogP) is 10.3. The molecule has 0 aliphatic carbocycles. The van der Waals surface area contributed by atoms with E-state index in [1.54, 1.807) is 0 Å². The topological polar surface area (TPSA) is 37.3 Å². The number of carbonyl (C=O) groups is 1. The van der Waals surface area contributed by atoms with Crippen LogP contribution in [0.25, 0.3) is 0 Å². The number of unbranched alkanes of at least 4 members (excludes halogenated alkanes) is 17. The Hall–Kier alpha value is -0.530. The van der Waals surface area contributed by atoms with Crippen molar-refractivity contribution in [1.82, 2.24) is 0 Å². The molecule has 0 bridgehead atoms. The number of carboxylic acid groups (broad SMARTS) is 1. The summed E-state index contributed by atoms with van der Waals surface area (Å²) in [6, 6.07) is 0. The molecule has 0 aromatic heterocycles. The van der Waals surface area contributed by atoms with Gasteiger partial charge in [0.05, 0.1) is 0 Å². The highest BCUT2D eigenvalue weighted by atomic mass is 16.4. The first-order valence-corrected chi connectivity index (χ1v) is 13.8. The summed E-state index contributed by atoms with van der Waals surface area (Å²) in [6.07, 6.45) is 32.3. The second-order valence-electron chi connectivity index (χ2n) is 9.38. The van der Waals surface area contributed by atoms with Crippen LogP contribution in [-0.2, 0) is 4.79 Å². The zero-order valence-electron chi connectivity index (χ0n) is 21.5. The second kappa shape index (κ2) is 28.5. The number of hydrogen-bond donors (Lipinski definition) is 1. The van der Waals surface area contributed by atoms with Gasteiger partial charge in [-0.05, 0) is 5.92 Å². The first kappa shape index (κ1) is 31.7. The fourth-order valence-corrected chi connectivity index (χ4v) is 4.20. The summed E-state index contributed by atoms with van der Waals surface area (Å²) in [7, 11) is 0. The molecule has 2 heteroatoms. The van der Waals surface area contributed by atoms with Crippen LogP contribution in [0.3, 0.4) is 0 Å². The van der Waals surface area contributed by atoms with Gasteiger partial charge in [-0.3, -0.25) is 4.79 Å². The van der Waals surface area contributed by atoms with Crippen LogP contribution in [0.2, 0.25) is 0 Å². The quantitative estimate of drug-likeness (QED) is 0.175. The van der Waals surface area contributed by atoms with Crippen LogP contribution in [0.4, 0.5) is 0 Å². The summed E-state index contributed by atoms with van der Waals surface area (Å²) < 4.78 is 0. The average Bonchev–Trinajstić information content (AvgIpc) is 2.72. The van der Waals surface area contributed by atoms with E-state index in [-0.39, 0.29) is 0 Å². The molecule has 0 aliphatic rings. The maximum Gasteiger partial charge on any atom is 0.300 e. The molecule has 182 valence electrons. The molecular formula is C28H58O2. The molecule has 0 rings (SSSR count). The third-order valence-corrected chi connectivity index (χ3v) is 6.26. The molecular weight excluding hydrogens is 368 g/mol. The van der Waals surface area contributed by atoms with Gasteiger partial charge in [0.2, 0.25) is 0 Å². The molecule has 30 heavy (non-hydrogen) atoms. The minimum absolute atomic E-state index is 0.833. The van der Waals surface area contributed by atoms with Gasteiger partial charge in [-0.15, -0.1) is 0 Å². The molecule has 0 fully saturated rings. The Labute approximate surface area is 191 Å². The van der Waals surface area contributed by atoms with E-state index in [9.17, 15) is 0 Å². The molecule has 0 spiro atoms. The van der Waals surface area contributed by atoms with Gasteiger partial charge < -0.3 is 5.11 Å². The lowest BCUT2D eigenvalue weighted by Gasteiger charge is -2.13. The van der Waals surface area contributed by atoms with E-state index >= 15 is 0 Å². The van der Waals surface area contributed by atoms with Crippen molar-refractivity contribution < 1.29 is 9.90 Å². The largest absolute Gasteiger partial charge is 0.481 e. The summed E-state index contributed by atoms with van der Waals surface area (Å²) in [6.45, 7) is 8.09. The molecule has 0 saturated heterocycles. The lowest BCUT2D eigenvalue weighted by atomic mass is 9.93. The Morgan fingerprint density at radius 1 is 0.533 bits per heavy atom. The van der Waals surface area contributed by atoms with Crippen molar-refractivity contribution in [2.75, 3.05) is 0 Å². The lowest BCUT2D eigenvalue weighted by molar-refractivity contribution is -0.134. The standard InChI is InChI=1S/C26H54.C2H4O2/c1-4-7-9-10-11-12-13-14-15-16-17-18-19-20-21-22-23-25-26(6-3)24-8-5-2;1-2(3)4/h26H,4-25H2,1-3H3;1H3,(H,3,4). The Morgan fingerprint density at radius 2 is 0.800 bits per heavy atom. The molecule has 2 nitrogen and oxygen atoms in total. The van der Waals surface area contributed by atoms with E-state index < -0.39 is 5.97 Å². The van der Waals surface area contributed by atoms with Gasteiger partial charge in [0, 0.05) is 6.92 Å². The van der Waals surface area contributed by atoms with Gasteiger partial charge in [0.1, 0.15) is 0 Å². The van der Waals surface area contributed by atoms with Crippen molar-refractivity contribution in [3.63, 3.8) is 0 Å². The van der Waals surface area contributed by atoms with Crippen molar-refractivity contribution in [1.29, 1.82) is 0 Å². The molecule has 1 unspecified atom stereocenters. The van der Waals surface area contributed by atoms with Gasteiger partial charge in [-0.25, -0.2) is 0 Å². The Balaban J connectivity index is 0. The molecule has 0 saturated carbocycles. The molecule has 1 atom stereocenters. The Bertz CT molecular complexity index is 310. The average molecular weight is 427 g/mol. The third-order valence-electron chi connectivity index (χ3n) is 6.26. The Morgan fingerprint density at radius 3 is 1.10 bits per heavy atom. The molecule has 0 amide bonds. The highest BCUT2D eigenvalue weighted by Gasteiger charge is 2.05. The maximum atomic E-state index is 9.00. The Kier molecular flexibility index (Phi) is 30.0. The van der Waals surface area contributed by atoms with Crippen LogP contribution >= 0.6 is 0 Å². The predicted molar refractivity (Wildman–Crippen MR) is 135 cm³/mol. The number of rotatable bonds is 22. The van der Waals surface area contributed by atoms with Crippen LogP contribution in [0.15, 0.2) is 0 Å². The minimum atomic E-state index is -0.833. The van der Waals surface area contributed by atoms with Crippen LogP contribution in [0.1, 0.15) is 169 Å². The summed E-state index contributed by atoms with van der Waals surface area (Å²) in [5, 5.41) is 7.42. The van der Waals surface area contributed by atoms with E-state index in [1.165, 1.54) is 141 Å². The van der Waals surface area contributed by atoms with Gasteiger partial charge >= 0.3 is 0 Å². The highest BCUT2D eigenvalue weighted by molar-refractivity contribution is 5.62. The zero-order chi connectivity index (χ0) is 22.7. The monoisotopic (exact) mass is 426 g/mol. The lowest BCUT2D eigenvalue weighted by Crippen LogP contribution is -1.98. The van der Waals surface area contributed by atoms with Crippen molar-refractivity contribution in [2.45, 2.75) is 169 Å². The summed E-state index contributed by atoms with van der Waals surface area (Å²) in [5.74, 6) is 0.186. The summed E-state index contributed by atoms with van der Waals surface area (Å²) in [4.78, 5) is 9.00. The maximum absolute atomic E-state index is 9.00. The van der Waals surface area contributed by atoms with Gasteiger partial charge in [-0.1, -0.05) is 162 Å². The summed E-state index contributed by atoms with van der Waals surface area (Å²) in [5.41, 5.74) is 0. The van der Waals surface area contributed by atoms with Gasteiger partial charge in [0.15, 0.2) is 0 Å². The molecule has 1 N–H and O–H groups in total. The van der Waals surface area contributed by atoms with Crippen molar-refractivity contribution in [3.8, 4) is 0 Å². The van der Waals surface area contributed by atoms with E-state index in [1.807, 2.05) is 0 Å². The van der Waals surface area contributed by atoms with Gasteiger partial charge in [-0.2, -0.15) is 0 Å². The first-order chi connectivity index (χ1) is 14.6. The molecule has 0 aromatic rings. The third kappa shape index (κ3) is 32.1. The van der Waals surface area contributed by atoms with Crippen molar-refractivity contribution >= 4 is 5.97 Å². The SMILES string of the molecule is CC(=O)O.CCCCCCCCCCCCCCCCCCCC(CC)CCCC.